The fourth-order valence-electron chi connectivity index (χ4n) is 1.94. The molecule has 1 atom stereocenters. The Morgan fingerprint density at radius 2 is 2.40 bits per heavy atom. The van der Waals surface area contributed by atoms with Gasteiger partial charge < -0.3 is 9.84 Å². The van der Waals surface area contributed by atoms with Gasteiger partial charge in [-0.25, -0.2) is 0 Å². The molecule has 1 aromatic heterocycles. The summed E-state index contributed by atoms with van der Waals surface area (Å²) >= 11 is 0. The third-order valence-corrected chi connectivity index (χ3v) is 2.72. The summed E-state index contributed by atoms with van der Waals surface area (Å²) in [5.74, 6) is 2.68. The van der Waals surface area contributed by atoms with E-state index in [9.17, 15) is 0 Å². The van der Waals surface area contributed by atoms with E-state index in [4.69, 9.17) is 4.52 Å². The third kappa shape index (κ3) is 2.78. The van der Waals surface area contributed by atoms with Crippen LogP contribution in [0.4, 0.5) is 0 Å². The third-order valence-electron chi connectivity index (χ3n) is 2.72. The molecule has 2 heterocycles. The predicted octanol–water partition coefficient (Wildman–Crippen LogP) is 1.74. The van der Waals surface area contributed by atoms with E-state index in [1.54, 1.807) is 0 Å². The Bertz CT molecular complexity index is 303. The van der Waals surface area contributed by atoms with E-state index in [2.05, 4.69) is 29.3 Å². The monoisotopic (exact) mass is 209 g/mol. The van der Waals surface area contributed by atoms with Gasteiger partial charge in [-0.2, -0.15) is 4.98 Å². The molecule has 0 unspecified atom stereocenters. The van der Waals surface area contributed by atoms with Crippen LogP contribution in [0.3, 0.4) is 0 Å². The van der Waals surface area contributed by atoms with Crippen LogP contribution in [0.25, 0.3) is 0 Å². The van der Waals surface area contributed by atoms with Crippen LogP contribution in [0.15, 0.2) is 4.52 Å². The molecule has 0 spiro atoms. The summed E-state index contributed by atoms with van der Waals surface area (Å²) in [5, 5.41) is 7.37. The van der Waals surface area contributed by atoms with Crippen molar-refractivity contribution in [3.05, 3.63) is 11.7 Å². The quantitative estimate of drug-likeness (QED) is 0.823. The Morgan fingerprint density at radius 1 is 1.53 bits per heavy atom. The molecule has 1 aliphatic rings. The molecule has 0 aromatic carbocycles. The highest BCUT2D eigenvalue weighted by Crippen LogP contribution is 2.21. The zero-order valence-electron chi connectivity index (χ0n) is 9.49. The first-order valence-electron chi connectivity index (χ1n) is 5.79. The minimum Gasteiger partial charge on any atom is -0.339 e. The summed E-state index contributed by atoms with van der Waals surface area (Å²) in [5.41, 5.74) is 0. The summed E-state index contributed by atoms with van der Waals surface area (Å²) < 4.78 is 5.30. The Kier molecular flexibility index (Phi) is 3.36. The van der Waals surface area contributed by atoms with Gasteiger partial charge in [-0.15, -0.1) is 0 Å². The molecular formula is C11H19N3O. The number of nitrogens with one attached hydrogen (secondary N) is 1. The second-order valence-corrected chi connectivity index (χ2v) is 4.69. The van der Waals surface area contributed by atoms with E-state index < -0.39 is 0 Å². The van der Waals surface area contributed by atoms with Crippen molar-refractivity contribution < 1.29 is 4.52 Å². The maximum Gasteiger partial charge on any atom is 0.231 e. The van der Waals surface area contributed by atoms with Gasteiger partial charge >= 0.3 is 0 Å². The normalized spacial score (nSPS) is 22.2. The first kappa shape index (κ1) is 10.6. The lowest BCUT2D eigenvalue weighted by Crippen LogP contribution is -2.28. The first-order valence-corrected chi connectivity index (χ1v) is 5.79. The summed E-state index contributed by atoms with van der Waals surface area (Å²) in [6.07, 6.45) is 3.27. The van der Waals surface area contributed by atoms with Gasteiger partial charge in [-0.05, 0) is 25.3 Å². The van der Waals surface area contributed by atoms with Crippen molar-refractivity contribution in [2.24, 2.45) is 5.92 Å². The molecule has 15 heavy (non-hydrogen) atoms. The number of hydrogen-bond donors (Lipinski definition) is 1. The van der Waals surface area contributed by atoms with Gasteiger partial charge in [0, 0.05) is 13.0 Å². The Hall–Kier alpha value is -0.900. The van der Waals surface area contributed by atoms with Crippen molar-refractivity contribution in [3.8, 4) is 0 Å². The second kappa shape index (κ2) is 4.75. The lowest BCUT2D eigenvalue weighted by atomic mass is 10.00. The first-order chi connectivity index (χ1) is 7.25. The minimum absolute atomic E-state index is 0.423. The highest BCUT2D eigenvalue weighted by atomic mass is 16.5. The zero-order chi connectivity index (χ0) is 10.7. The molecule has 1 fully saturated rings. The molecule has 0 radical (unpaired) electrons. The number of piperidine rings is 1. The van der Waals surface area contributed by atoms with Crippen molar-refractivity contribution in [1.82, 2.24) is 15.5 Å². The van der Waals surface area contributed by atoms with Crippen molar-refractivity contribution in [3.63, 3.8) is 0 Å². The van der Waals surface area contributed by atoms with Crippen LogP contribution in [-0.4, -0.2) is 23.2 Å². The average molecular weight is 209 g/mol. The Balaban J connectivity index is 1.99. The van der Waals surface area contributed by atoms with Gasteiger partial charge in [0.1, 0.15) is 0 Å². The summed E-state index contributed by atoms with van der Waals surface area (Å²) in [6, 6.07) is 0. The Labute approximate surface area is 90.4 Å². The topological polar surface area (TPSA) is 51.0 Å². The standard InChI is InChI=1S/C11H19N3O/c1-8(2)6-10-13-11(15-14-10)9-4-3-5-12-7-9/h8-9,12H,3-7H2,1-2H3/t9-/m0/s1. The Morgan fingerprint density at radius 3 is 3.07 bits per heavy atom. The second-order valence-electron chi connectivity index (χ2n) is 4.69. The van der Waals surface area contributed by atoms with E-state index >= 15 is 0 Å². The molecule has 2 rings (SSSR count). The summed E-state index contributed by atoms with van der Waals surface area (Å²) in [6.45, 7) is 6.42. The van der Waals surface area contributed by atoms with Gasteiger partial charge in [0.25, 0.3) is 0 Å². The molecule has 1 aromatic rings. The number of nitrogens with zero attached hydrogens (tertiary/aromatic N) is 2. The zero-order valence-corrected chi connectivity index (χ0v) is 9.49. The molecule has 1 N–H and O–H groups in total. The molecule has 0 bridgehead atoms. The lowest BCUT2D eigenvalue weighted by molar-refractivity contribution is 0.319. The fourth-order valence-corrected chi connectivity index (χ4v) is 1.94. The SMILES string of the molecule is CC(C)Cc1noc([C@H]2CCCNC2)n1. The fraction of sp³-hybridized carbons (Fsp3) is 0.818. The average Bonchev–Trinajstić information content (AvgIpc) is 2.67. The van der Waals surface area contributed by atoms with Crippen molar-refractivity contribution in [2.75, 3.05) is 13.1 Å². The highest BCUT2D eigenvalue weighted by Gasteiger charge is 2.21. The number of hydrogen-bond acceptors (Lipinski definition) is 4. The van der Waals surface area contributed by atoms with Crippen LogP contribution >= 0.6 is 0 Å². The molecule has 84 valence electrons. The van der Waals surface area contributed by atoms with Crippen LogP contribution in [0.5, 0.6) is 0 Å². The van der Waals surface area contributed by atoms with Crippen LogP contribution < -0.4 is 5.32 Å². The molecule has 4 nitrogen and oxygen atoms in total. The number of aromatic nitrogens is 2. The van der Waals surface area contributed by atoms with Gasteiger partial charge in [-0.1, -0.05) is 19.0 Å². The van der Waals surface area contributed by atoms with Gasteiger partial charge in [0.05, 0.1) is 5.92 Å². The molecule has 0 saturated carbocycles. The van der Waals surface area contributed by atoms with E-state index in [1.165, 1.54) is 6.42 Å². The summed E-state index contributed by atoms with van der Waals surface area (Å²) in [7, 11) is 0. The van der Waals surface area contributed by atoms with Crippen molar-refractivity contribution in [2.45, 2.75) is 39.0 Å². The molecule has 0 aliphatic carbocycles. The molecular weight excluding hydrogens is 190 g/mol. The van der Waals surface area contributed by atoms with Crippen LogP contribution in [0.2, 0.25) is 0 Å². The molecule has 0 amide bonds. The molecule has 1 aliphatic heterocycles. The van der Waals surface area contributed by atoms with Gasteiger partial charge in [0.2, 0.25) is 5.89 Å². The van der Waals surface area contributed by atoms with E-state index in [0.717, 1.165) is 37.6 Å². The molecule has 1 saturated heterocycles. The predicted molar refractivity (Wildman–Crippen MR) is 57.7 cm³/mol. The van der Waals surface area contributed by atoms with Crippen LogP contribution in [-0.2, 0) is 6.42 Å². The molecule has 4 heteroatoms. The van der Waals surface area contributed by atoms with E-state index in [-0.39, 0.29) is 0 Å². The number of rotatable bonds is 3. The van der Waals surface area contributed by atoms with Crippen molar-refractivity contribution in [1.29, 1.82) is 0 Å². The lowest BCUT2D eigenvalue weighted by Gasteiger charge is -2.18. The highest BCUT2D eigenvalue weighted by molar-refractivity contribution is 4.97. The van der Waals surface area contributed by atoms with Crippen molar-refractivity contribution >= 4 is 0 Å². The maximum atomic E-state index is 5.30. The largest absolute Gasteiger partial charge is 0.339 e. The van der Waals surface area contributed by atoms with E-state index in [0.29, 0.717) is 11.8 Å². The minimum atomic E-state index is 0.423. The summed E-state index contributed by atoms with van der Waals surface area (Å²) in [4.78, 5) is 4.46. The van der Waals surface area contributed by atoms with Crippen LogP contribution in [0, 0.1) is 5.92 Å². The van der Waals surface area contributed by atoms with E-state index in [1.807, 2.05) is 0 Å². The smallest absolute Gasteiger partial charge is 0.231 e. The maximum absolute atomic E-state index is 5.30. The van der Waals surface area contributed by atoms with Crippen LogP contribution in [0.1, 0.15) is 44.3 Å². The van der Waals surface area contributed by atoms with Gasteiger partial charge in [0.15, 0.2) is 5.82 Å². The van der Waals surface area contributed by atoms with Gasteiger partial charge in [-0.3, -0.25) is 0 Å².